The van der Waals surface area contributed by atoms with Crippen molar-refractivity contribution in [3.8, 4) is 10.6 Å². The largest absolute Gasteiger partial charge is 0.381 e. The molecule has 3 aromatic heterocycles. The van der Waals surface area contributed by atoms with Gasteiger partial charge in [-0.1, -0.05) is 0 Å². The third kappa shape index (κ3) is 1.25. The molecule has 0 radical (unpaired) electrons. The SMILES string of the molecule is Cc1cc(-c2csc3c(N)ncn23)sn1. The lowest BCUT2D eigenvalue weighted by atomic mass is 10.3. The van der Waals surface area contributed by atoms with E-state index in [1.807, 2.05) is 11.3 Å². The molecule has 0 bridgehead atoms. The average molecular weight is 236 g/mol. The topological polar surface area (TPSA) is 56.2 Å². The van der Waals surface area contributed by atoms with Crippen LogP contribution in [0.3, 0.4) is 0 Å². The smallest absolute Gasteiger partial charge is 0.160 e. The molecule has 0 aromatic carbocycles. The molecule has 0 aliphatic carbocycles. The van der Waals surface area contributed by atoms with Crippen LogP contribution < -0.4 is 5.73 Å². The fraction of sp³-hybridized carbons (Fsp3) is 0.111. The van der Waals surface area contributed by atoms with Crippen molar-refractivity contribution in [1.29, 1.82) is 0 Å². The van der Waals surface area contributed by atoms with Gasteiger partial charge in [-0.2, -0.15) is 4.37 Å². The summed E-state index contributed by atoms with van der Waals surface area (Å²) in [6, 6.07) is 2.07. The lowest BCUT2D eigenvalue weighted by Gasteiger charge is -1.91. The molecule has 76 valence electrons. The first kappa shape index (κ1) is 8.87. The number of nitrogens with two attached hydrogens (primary N) is 1. The highest BCUT2D eigenvalue weighted by Gasteiger charge is 2.11. The molecule has 0 atom stereocenters. The first-order valence-corrected chi connectivity index (χ1v) is 6.05. The van der Waals surface area contributed by atoms with Crippen LogP contribution >= 0.6 is 22.9 Å². The summed E-state index contributed by atoms with van der Waals surface area (Å²) in [5.41, 5.74) is 7.90. The quantitative estimate of drug-likeness (QED) is 0.706. The lowest BCUT2D eigenvalue weighted by molar-refractivity contribution is 1.19. The molecule has 0 spiro atoms. The van der Waals surface area contributed by atoms with Gasteiger partial charge in [0.25, 0.3) is 0 Å². The molecular formula is C9H8N4S2. The Morgan fingerprint density at radius 3 is 3.07 bits per heavy atom. The van der Waals surface area contributed by atoms with Crippen molar-refractivity contribution in [3.63, 3.8) is 0 Å². The number of hydrogen-bond acceptors (Lipinski definition) is 5. The predicted octanol–water partition coefficient (Wildman–Crippen LogP) is 2.41. The first-order chi connectivity index (χ1) is 7.25. The Labute approximate surface area is 94.2 Å². The number of hydrogen-bond donors (Lipinski definition) is 1. The number of nitrogens with zero attached hydrogens (tertiary/aromatic N) is 3. The van der Waals surface area contributed by atoms with E-state index in [9.17, 15) is 0 Å². The van der Waals surface area contributed by atoms with Crippen LogP contribution in [0.2, 0.25) is 0 Å². The minimum absolute atomic E-state index is 0.590. The van der Waals surface area contributed by atoms with Crippen LogP contribution in [0.25, 0.3) is 15.4 Å². The molecule has 2 N–H and O–H groups in total. The average Bonchev–Trinajstić information content (AvgIpc) is 2.84. The van der Waals surface area contributed by atoms with Gasteiger partial charge in [-0.05, 0) is 24.5 Å². The van der Waals surface area contributed by atoms with Gasteiger partial charge in [-0.3, -0.25) is 4.40 Å². The van der Waals surface area contributed by atoms with E-state index < -0.39 is 0 Å². The summed E-state index contributed by atoms with van der Waals surface area (Å²) in [5.74, 6) is 0.590. The molecule has 0 aliphatic heterocycles. The molecule has 0 unspecified atom stereocenters. The van der Waals surface area contributed by atoms with Gasteiger partial charge in [-0.15, -0.1) is 11.3 Å². The molecular weight excluding hydrogens is 228 g/mol. The van der Waals surface area contributed by atoms with E-state index in [4.69, 9.17) is 5.73 Å². The summed E-state index contributed by atoms with van der Waals surface area (Å²) in [5, 5.41) is 2.08. The number of fused-ring (bicyclic) bond motifs is 1. The Morgan fingerprint density at radius 2 is 2.33 bits per heavy atom. The molecule has 6 heteroatoms. The van der Waals surface area contributed by atoms with Crippen molar-refractivity contribution in [3.05, 3.63) is 23.5 Å². The Bertz CT molecular complexity index is 619. The van der Waals surface area contributed by atoms with Crippen molar-refractivity contribution in [2.45, 2.75) is 6.92 Å². The van der Waals surface area contributed by atoms with Gasteiger partial charge in [0, 0.05) is 5.38 Å². The third-order valence-electron chi connectivity index (χ3n) is 2.17. The van der Waals surface area contributed by atoms with Crippen LogP contribution in [0.1, 0.15) is 5.69 Å². The molecule has 15 heavy (non-hydrogen) atoms. The van der Waals surface area contributed by atoms with E-state index in [1.54, 1.807) is 17.7 Å². The van der Waals surface area contributed by atoms with Crippen LogP contribution in [-0.4, -0.2) is 13.8 Å². The van der Waals surface area contributed by atoms with Crippen molar-refractivity contribution >= 4 is 33.5 Å². The number of aromatic nitrogens is 3. The molecule has 0 saturated heterocycles. The highest BCUT2D eigenvalue weighted by molar-refractivity contribution is 7.17. The fourth-order valence-corrected chi connectivity index (χ4v) is 3.21. The normalized spacial score (nSPS) is 11.3. The van der Waals surface area contributed by atoms with Gasteiger partial charge in [0.05, 0.1) is 16.3 Å². The minimum Gasteiger partial charge on any atom is -0.381 e. The second-order valence-corrected chi connectivity index (χ2v) is 4.92. The zero-order valence-electron chi connectivity index (χ0n) is 7.97. The zero-order valence-corrected chi connectivity index (χ0v) is 9.60. The second-order valence-electron chi connectivity index (χ2n) is 3.26. The highest BCUT2D eigenvalue weighted by atomic mass is 32.1. The van der Waals surface area contributed by atoms with Crippen LogP contribution in [0, 0.1) is 6.92 Å². The van der Waals surface area contributed by atoms with Crippen LogP contribution in [0.15, 0.2) is 17.8 Å². The van der Waals surface area contributed by atoms with Crippen molar-refractivity contribution in [2.24, 2.45) is 0 Å². The lowest BCUT2D eigenvalue weighted by Crippen LogP contribution is -1.82. The van der Waals surface area contributed by atoms with E-state index in [2.05, 4.69) is 20.8 Å². The first-order valence-electron chi connectivity index (χ1n) is 4.39. The number of aryl methyl sites for hydroxylation is 1. The molecule has 0 aliphatic rings. The minimum atomic E-state index is 0.590. The van der Waals surface area contributed by atoms with Crippen molar-refractivity contribution in [1.82, 2.24) is 13.8 Å². The summed E-state index contributed by atoms with van der Waals surface area (Å²) in [4.78, 5) is 6.23. The fourth-order valence-electron chi connectivity index (χ4n) is 1.47. The second kappa shape index (κ2) is 3.04. The van der Waals surface area contributed by atoms with E-state index in [-0.39, 0.29) is 0 Å². The molecule has 0 saturated carbocycles. The molecule has 4 nitrogen and oxygen atoms in total. The van der Waals surface area contributed by atoms with E-state index >= 15 is 0 Å². The maximum absolute atomic E-state index is 5.74. The van der Waals surface area contributed by atoms with Gasteiger partial charge >= 0.3 is 0 Å². The van der Waals surface area contributed by atoms with Gasteiger partial charge < -0.3 is 5.73 Å². The summed E-state index contributed by atoms with van der Waals surface area (Å²) >= 11 is 3.10. The van der Waals surface area contributed by atoms with E-state index in [0.29, 0.717) is 5.82 Å². The number of rotatable bonds is 1. The number of imidazole rings is 1. The third-order valence-corrected chi connectivity index (χ3v) is 4.05. The Hall–Kier alpha value is -1.40. The molecule has 3 heterocycles. The van der Waals surface area contributed by atoms with Crippen LogP contribution in [0.5, 0.6) is 0 Å². The number of nitrogen functional groups attached to an aromatic ring is 1. The summed E-state index contributed by atoms with van der Waals surface area (Å²) in [6.07, 6.45) is 1.76. The predicted molar refractivity (Wildman–Crippen MR) is 63.3 cm³/mol. The Morgan fingerprint density at radius 1 is 1.47 bits per heavy atom. The standard InChI is InChI=1S/C9H8N4S2/c1-5-2-7(15-12-5)6-3-14-9-8(10)11-4-13(6)9/h2-4H,10H2,1H3. The van der Waals surface area contributed by atoms with Crippen molar-refractivity contribution in [2.75, 3.05) is 5.73 Å². The van der Waals surface area contributed by atoms with Crippen molar-refractivity contribution < 1.29 is 0 Å². The van der Waals surface area contributed by atoms with Crippen LogP contribution in [-0.2, 0) is 0 Å². The molecule has 0 amide bonds. The molecule has 3 rings (SSSR count). The van der Waals surface area contributed by atoms with Gasteiger partial charge in [0.15, 0.2) is 5.82 Å². The number of anilines is 1. The maximum atomic E-state index is 5.74. The Kier molecular flexibility index (Phi) is 1.80. The van der Waals surface area contributed by atoms with Gasteiger partial charge in [-0.25, -0.2) is 4.98 Å². The molecule has 3 aromatic rings. The van der Waals surface area contributed by atoms with Gasteiger partial charge in [0.1, 0.15) is 11.2 Å². The highest BCUT2D eigenvalue weighted by Crippen LogP contribution is 2.31. The van der Waals surface area contributed by atoms with E-state index in [1.165, 1.54) is 11.5 Å². The van der Waals surface area contributed by atoms with Crippen LogP contribution in [0.4, 0.5) is 5.82 Å². The Balaban J connectivity index is 2.27. The number of thiazole rings is 1. The monoisotopic (exact) mass is 236 g/mol. The van der Waals surface area contributed by atoms with E-state index in [0.717, 1.165) is 21.1 Å². The zero-order chi connectivity index (χ0) is 10.4. The molecule has 0 fully saturated rings. The summed E-state index contributed by atoms with van der Waals surface area (Å²) < 4.78 is 6.27. The maximum Gasteiger partial charge on any atom is 0.160 e. The van der Waals surface area contributed by atoms with Gasteiger partial charge in [0.2, 0.25) is 0 Å². The summed E-state index contributed by atoms with van der Waals surface area (Å²) in [6.45, 7) is 1.99. The summed E-state index contributed by atoms with van der Waals surface area (Å²) in [7, 11) is 0.